The lowest BCUT2D eigenvalue weighted by atomic mass is 10.0. The molecule has 0 unspecified atom stereocenters. The molecule has 1 aliphatic rings. The number of benzene rings is 1. The van der Waals surface area contributed by atoms with Crippen LogP contribution in [0.2, 0.25) is 0 Å². The second-order valence-electron chi connectivity index (χ2n) is 6.42. The minimum Gasteiger partial charge on any atom is -0.324 e. The van der Waals surface area contributed by atoms with Crippen molar-refractivity contribution in [2.45, 2.75) is 66.0 Å². The average Bonchev–Trinajstić information content (AvgIpc) is 2.91. The molecule has 1 N–H and O–H groups in total. The Hall–Kier alpha value is -1.35. The van der Waals surface area contributed by atoms with Gasteiger partial charge in [0.15, 0.2) is 0 Å². The van der Waals surface area contributed by atoms with Crippen LogP contribution in [0.25, 0.3) is 0 Å². The maximum absolute atomic E-state index is 12.7. The van der Waals surface area contributed by atoms with Crippen molar-refractivity contribution >= 4 is 11.6 Å². The molecule has 1 saturated heterocycles. The summed E-state index contributed by atoms with van der Waals surface area (Å²) in [5.74, 6) is 0.155. The summed E-state index contributed by atoms with van der Waals surface area (Å²) in [6.07, 6.45) is 3.18. The lowest BCUT2D eigenvalue weighted by Crippen LogP contribution is -2.44. The van der Waals surface area contributed by atoms with Gasteiger partial charge in [-0.05, 0) is 64.6 Å². The van der Waals surface area contributed by atoms with E-state index in [1.165, 1.54) is 5.56 Å². The molecule has 1 amide bonds. The van der Waals surface area contributed by atoms with Gasteiger partial charge in [0.2, 0.25) is 5.91 Å². The summed E-state index contributed by atoms with van der Waals surface area (Å²) in [5, 5.41) is 3.18. The van der Waals surface area contributed by atoms with Crippen molar-refractivity contribution in [3.05, 3.63) is 28.8 Å². The zero-order valence-electron chi connectivity index (χ0n) is 14.0. The van der Waals surface area contributed by atoms with Gasteiger partial charge in [0.25, 0.3) is 0 Å². The Morgan fingerprint density at radius 3 is 2.52 bits per heavy atom. The van der Waals surface area contributed by atoms with E-state index < -0.39 is 0 Å². The number of amides is 1. The predicted octanol–water partition coefficient (Wildman–Crippen LogP) is 3.81. The average molecular weight is 288 g/mol. The van der Waals surface area contributed by atoms with E-state index in [1.54, 1.807) is 0 Å². The summed E-state index contributed by atoms with van der Waals surface area (Å²) in [4.78, 5) is 15.0. The lowest BCUT2D eigenvalue weighted by molar-refractivity contribution is -0.121. The molecule has 0 radical (unpaired) electrons. The van der Waals surface area contributed by atoms with Gasteiger partial charge in [-0.2, -0.15) is 0 Å². The molecule has 1 fully saturated rings. The molecule has 0 aromatic heterocycles. The molecular formula is C18H28N2O. The Kier molecular flexibility index (Phi) is 5.04. The molecule has 116 valence electrons. The third kappa shape index (κ3) is 3.46. The second kappa shape index (κ2) is 6.61. The number of carbonyl (C=O) groups excluding carboxylic acids is 1. The number of nitrogens with one attached hydrogen (secondary N) is 1. The normalized spacial score (nSPS) is 20.5. The van der Waals surface area contributed by atoms with Crippen molar-refractivity contribution < 1.29 is 4.79 Å². The van der Waals surface area contributed by atoms with E-state index in [1.807, 2.05) is 0 Å². The number of aryl methyl sites for hydroxylation is 3. The first-order valence-electron chi connectivity index (χ1n) is 8.08. The summed E-state index contributed by atoms with van der Waals surface area (Å²) in [5.41, 5.74) is 4.52. The number of likely N-dealkylation sites (tertiary alicyclic amines) is 1. The monoisotopic (exact) mass is 288 g/mol. The Balaban J connectivity index is 2.15. The fourth-order valence-corrected chi connectivity index (χ4v) is 3.42. The third-order valence-corrected chi connectivity index (χ3v) is 4.68. The molecule has 0 aliphatic carbocycles. The number of carbonyl (C=O) groups is 1. The van der Waals surface area contributed by atoms with E-state index in [9.17, 15) is 4.79 Å². The van der Waals surface area contributed by atoms with Crippen molar-refractivity contribution in [1.29, 1.82) is 0 Å². The molecule has 3 nitrogen and oxygen atoms in total. The van der Waals surface area contributed by atoms with E-state index in [-0.39, 0.29) is 11.9 Å². The Labute approximate surface area is 128 Å². The van der Waals surface area contributed by atoms with Gasteiger partial charge >= 0.3 is 0 Å². The zero-order valence-corrected chi connectivity index (χ0v) is 14.0. The van der Waals surface area contributed by atoms with Crippen LogP contribution in [0, 0.1) is 20.8 Å². The Morgan fingerprint density at radius 2 is 1.95 bits per heavy atom. The van der Waals surface area contributed by atoms with Crippen molar-refractivity contribution in [3.63, 3.8) is 0 Å². The number of nitrogens with zero attached hydrogens (tertiary/aromatic N) is 1. The van der Waals surface area contributed by atoms with E-state index in [2.05, 4.69) is 57.0 Å². The van der Waals surface area contributed by atoms with Gasteiger partial charge in [-0.3, -0.25) is 9.69 Å². The number of hydrogen-bond acceptors (Lipinski definition) is 2. The van der Waals surface area contributed by atoms with Crippen LogP contribution in [0.15, 0.2) is 12.1 Å². The van der Waals surface area contributed by atoms with Crippen molar-refractivity contribution in [2.24, 2.45) is 0 Å². The van der Waals surface area contributed by atoms with Gasteiger partial charge in [-0.15, -0.1) is 0 Å². The third-order valence-electron chi connectivity index (χ3n) is 4.68. The lowest BCUT2D eigenvalue weighted by Gasteiger charge is -2.29. The van der Waals surface area contributed by atoms with Gasteiger partial charge in [0, 0.05) is 11.7 Å². The first-order valence-corrected chi connectivity index (χ1v) is 8.08. The van der Waals surface area contributed by atoms with Crippen LogP contribution < -0.4 is 5.32 Å². The van der Waals surface area contributed by atoms with E-state index in [0.717, 1.165) is 42.6 Å². The summed E-state index contributed by atoms with van der Waals surface area (Å²) >= 11 is 0. The Morgan fingerprint density at radius 1 is 1.33 bits per heavy atom. The minimum atomic E-state index is 0.0278. The second-order valence-corrected chi connectivity index (χ2v) is 6.42. The van der Waals surface area contributed by atoms with E-state index >= 15 is 0 Å². The molecule has 1 aromatic carbocycles. The molecule has 1 heterocycles. The highest BCUT2D eigenvalue weighted by Gasteiger charge is 2.33. The zero-order chi connectivity index (χ0) is 15.6. The first kappa shape index (κ1) is 16.0. The topological polar surface area (TPSA) is 32.3 Å². The molecule has 1 aromatic rings. The maximum Gasteiger partial charge on any atom is 0.241 e. The van der Waals surface area contributed by atoms with Gasteiger partial charge in [-0.25, -0.2) is 0 Å². The molecule has 2 rings (SSSR count). The van der Waals surface area contributed by atoms with Crippen molar-refractivity contribution in [2.75, 3.05) is 11.9 Å². The summed E-state index contributed by atoms with van der Waals surface area (Å²) < 4.78 is 0. The van der Waals surface area contributed by atoms with Crippen LogP contribution in [-0.4, -0.2) is 29.4 Å². The van der Waals surface area contributed by atoms with Gasteiger partial charge < -0.3 is 5.32 Å². The van der Waals surface area contributed by atoms with E-state index in [4.69, 9.17) is 0 Å². The minimum absolute atomic E-state index is 0.0278. The van der Waals surface area contributed by atoms with Crippen molar-refractivity contribution in [1.82, 2.24) is 4.90 Å². The number of rotatable bonds is 4. The van der Waals surface area contributed by atoms with Gasteiger partial charge in [0.05, 0.1) is 6.04 Å². The molecule has 0 spiro atoms. The molecule has 0 saturated carbocycles. The maximum atomic E-state index is 12.7. The highest BCUT2D eigenvalue weighted by molar-refractivity contribution is 5.96. The molecule has 1 aliphatic heterocycles. The molecular weight excluding hydrogens is 260 g/mol. The molecule has 3 heteroatoms. The fourth-order valence-electron chi connectivity index (χ4n) is 3.42. The fraction of sp³-hybridized carbons (Fsp3) is 0.611. The largest absolute Gasteiger partial charge is 0.324 e. The summed E-state index contributed by atoms with van der Waals surface area (Å²) in [6, 6.07) is 4.76. The highest BCUT2D eigenvalue weighted by atomic mass is 16.2. The highest BCUT2D eigenvalue weighted by Crippen LogP contribution is 2.26. The van der Waals surface area contributed by atoms with Crippen LogP contribution in [0.3, 0.4) is 0 Å². The van der Waals surface area contributed by atoms with Gasteiger partial charge in [-0.1, -0.05) is 24.6 Å². The molecule has 21 heavy (non-hydrogen) atoms. The van der Waals surface area contributed by atoms with Crippen LogP contribution >= 0.6 is 0 Å². The predicted molar refractivity (Wildman–Crippen MR) is 88.8 cm³/mol. The molecule has 0 bridgehead atoms. The summed E-state index contributed by atoms with van der Waals surface area (Å²) in [7, 11) is 0. The van der Waals surface area contributed by atoms with Gasteiger partial charge in [0.1, 0.15) is 0 Å². The van der Waals surface area contributed by atoms with Crippen molar-refractivity contribution in [3.8, 4) is 0 Å². The van der Waals surface area contributed by atoms with Crippen LogP contribution in [0.4, 0.5) is 5.69 Å². The number of hydrogen-bond donors (Lipinski definition) is 1. The van der Waals surface area contributed by atoms with Crippen LogP contribution in [0.5, 0.6) is 0 Å². The van der Waals surface area contributed by atoms with E-state index in [0.29, 0.717) is 6.04 Å². The van der Waals surface area contributed by atoms with Crippen LogP contribution in [-0.2, 0) is 4.79 Å². The Bertz CT molecular complexity index is 501. The SMILES string of the molecule is CC[C@H](C)N1CCC[C@@H]1C(=O)Nc1c(C)cc(C)cc1C. The quantitative estimate of drug-likeness (QED) is 0.913. The first-order chi connectivity index (χ1) is 9.93. The molecule has 2 atom stereocenters. The smallest absolute Gasteiger partial charge is 0.241 e. The standard InChI is InChI=1S/C18H28N2O/c1-6-15(5)20-9-7-8-16(20)18(21)19-17-13(3)10-12(2)11-14(17)4/h10-11,15-16H,6-9H2,1-5H3,(H,19,21)/t15-,16+/m0/s1. The summed E-state index contributed by atoms with van der Waals surface area (Å²) in [6.45, 7) is 11.7. The number of anilines is 1. The van der Waals surface area contributed by atoms with Crippen LogP contribution in [0.1, 0.15) is 49.8 Å².